The molecule has 0 spiro atoms. The Bertz CT molecular complexity index is 523. The fraction of sp³-hybridized carbons (Fsp3) is 0.429. The largest absolute Gasteiger partial charge is 0.391 e. The highest BCUT2D eigenvalue weighted by atomic mass is 19.2. The number of hydrogen-bond acceptors (Lipinski definition) is 3. The Morgan fingerprint density at radius 1 is 1.24 bits per heavy atom. The van der Waals surface area contributed by atoms with E-state index in [2.05, 4.69) is 10.6 Å². The van der Waals surface area contributed by atoms with E-state index in [1.54, 1.807) is 0 Å². The maximum atomic E-state index is 13.0. The van der Waals surface area contributed by atoms with E-state index in [-0.39, 0.29) is 18.2 Å². The molecule has 0 bridgehead atoms. The summed E-state index contributed by atoms with van der Waals surface area (Å²) in [6.07, 6.45) is -0.0204. The second-order valence-electron chi connectivity index (χ2n) is 4.75. The van der Waals surface area contributed by atoms with Crippen LogP contribution < -0.4 is 10.6 Å². The topological polar surface area (TPSA) is 78.4 Å². The van der Waals surface area contributed by atoms with Crippen molar-refractivity contribution >= 4 is 17.5 Å². The molecule has 0 heterocycles. The van der Waals surface area contributed by atoms with Gasteiger partial charge in [0.15, 0.2) is 11.6 Å². The van der Waals surface area contributed by atoms with E-state index in [9.17, 15) is 23.5 Å². The number of anilines is 1. The van der Waals surface area contributed by atoms with E-state index < -0.39 is 29.6 Å². The fourth-order valence-corrected chi connectivity index (χ4v) is 1.51. The number of halogens is 2. The van der Waals surface area contributed by atoms with Gasteiger partial charge in [0.25, 0.3) is 0 Å². The van der Waals surface area contributed by atoms with Gasteiger partial charge >= 0.3 is 11.8 Å². The Hall–Kier alpha value is -2.02. The van der Waals surface area contributed by atoms with Gasteiger partial charge in [0.2, 0.25) is 0 Å². The van der Waals surface area contributed by atoms with Crippen LogP contribution in [-0.2, 0) is 9.59 Å². The zero-order valence-electron chi connectivity index (χ0n) is 11.8. The maximum Gasteiger partial charge on any atom is 0.313 e. The average molecular weight is 300 g/mol. The zero-order valence-corrected chi connectivity index (χ0v) is 11.8. The number of benzene rings is 1. The summed E-state index contributed by atoms with van der Waals surface area (Å²) in [6, 6.07) is 2.75. The van der Waals surface area contributed by atoms with Crippen molar-refractivity contribution in [2.75, 3.05) is 11.9 Å². The Morgan fingerprint density at radius 3 is 2.48 bits per heavy atom. The number of nitrogens with one attached hydrogen (secondary N) is 2. The molecule has 0 aromatic heterocycles. The Kier molecular flexibility index (Phi) is 6.23. The van der Waals surface area contributed by atoms with Gasteiger partial charge in [0.1, 0.15) is 0 Å². The summed E-state index contributed by atoms with van der Waals surface area (Å²) >= 11 is 0. The minimum atomic E-state index is -1.12. The molecule has 0 saturated carbocycles. The maximum absolute atomic E-state index is 13.0. The third-order valence-corrected chi connectivity index (χ3v) is 3.16. The first kappa shape index (κ1) is 17.0. The van der Waals surface area contributed by atoms with Gasteiger partial charge in [0.05, 0.1) is 6.10 Å². The number of aliphatic hydroxyl groups is 1. The number of carbonyl (C=O) groups excluding carboxylic acids is 2. The second-order valence-corrected chi connectivity index (χ2v) is 4.75. The quantitative estimate of drug-likeness (QED) is 0.720. The van der Waals surface area contributed by atoms with Crippen molar-refractivity contribution in [3.63, 3.8) is 0 Å². The lowest BCUT2D eigenvalue weighted by Crippen LogP contribution is -2.41. The van der Waals surface area contributed by atoms with Crippen molar-refractivity contribution in [2.45, 2.75) is 26.4 Å². The molecule has 21 heavy (non-hydrogen) atoms. The van der Waals surface area contributed by atoms with E-state index in [0.717, 1.165) is 24.6 Å². The molecule has 0 aliphatic carbocycles. The van der Waals surface area contributed by atoms with E-state index in [4.69, 9.17) is 0 Å². The highest BCUT2D eigenvalue weighted by Crippen LogP contribution is 2.12. The first-order valence-corrected chi connectivity index (χ1v) is 6.57. The minimum Gasteiger partial charge on any atom is -0.391 e. The lowest BCUT2D eigenvalue weighted by atomic mass is 10.0. The van der Waals surface area contributed by atoms with Crippen molar-refractivity contribution < 1.29 is 23.5 Å². The standard InChI is InChI=1S/C14H18F2N2O3/c1-3-8(2)12(19)7-17-13(20)14(21)18-9-4-5-10(15)11(16)6-9/h4-6,8,12,19H,3,7H2,1-2H3,(H,17,20)(H,18,21). The molecule has 1 rings (SSSR count). The monoisotopic (exact) mass is 300 g/mol. The van der Waals surface area contributed by atoms with Crippen molar-refractivity contribution in [1.82, 2.24) is 5.32 Å². The van der Waals surface area contributed by atoms with Crippen LogP contribution in [0.4, 0.5) is 14.5 Å². The highest BCUT2D eigenvalue weighted by Gasteiger charge is 2.18. The molecule has 5 nitrogen and oxygen atoms in total. The smallest absolute Gasteiger partial charge is 0.313 e. The minimum absolute atomic E-state index is 0.0143. The Morgan fingerprint density at radius 2 is 1.90 bits per heavy atom. The molecule has 1 aromatic rings. The van der Waals surface area contributed by atoms with Crippen LogP contribution in [0.2, 0.25) is 0 Å². The summed E-state index contributed by atoms with van der Waals surface area (Å²) in [7, 11) is 0. The summed E-state index contributed by atoms with van der Waals surface area (Å²) in [4.78, 5) is 23.1. The Labute approximate surface area is 121 Å². The molecule has 2 atom stereocenters. The van der Waals surface area contributed by atoms with Crippen molar-refractivity contribution in [3.8, 4) is 0 Å². The van der Waals surface area contributed by atoms with E-state index >= 15 is 0 Å². The van der Waals surface area contributed by atoms with Crippen molar-refractivity contribution in [3.05, 3.63) is 29.8 Å². The van der Waals surface area contributed by atoms with Crippen molar-refractivity contribution in [2.24, 2.45) is 5.92 Å². The summed E-state index contributed by atoms with van der Waals surface area (Å²) in [5.74, 6) is -4.16. The predicted octanol–water partition coefficient (Wildman–Crippen LogP) is 1.43. The van der Waals surface area contributed by atoms with Crippen LogP contribution >= 0.6 is 0 Å². The number of carbonyl (C=O) groups is 2. The first-order chi connectivity index (χ1) is 9.85. The van der Waals surface area contributed by atoms with E-state index in [0.29, 0.717) is 0 Å². The van der Waals surface area contributed by atoms with Crippen LogP contribution in [0.1, 0.15) is 20.3 Å². The van der Waals surface area contributed by atoms with Crippen LogP contribution in [0.25, 0.3) is 0 Å². The molecule has 0 aliphatic rings. The molecular weight excluding hydrogens is 282 g/mol. The van der Waals surface area contributed by atoms with Crippen LogP contribution in [0.15, 0.2) is 18.2 Å². The Balaban J connectivity index is 2.51. The molecule has 0 radical (unpaired) electrons. The van der Waals surface area contributed by atoms with Gasteiger partial charge in [-0.2, -0.15) is 0 Å². The van der Waals surface area contributed by atoms with Gasteiger partial charge in [0, 0.05) is 18.3 Å². The number of aliphatic hydroxyl groups excluding tert-OH is 1. The van der Waals surface area contributed by atoms with Crippen molar-refractivity contribution in [1.29, 1.82) is 0 Å². The third-order valence-electron chi connectivity index (χ3n) is 3.16. The number of amides is 2. The van der Waals surface area contributed by atoms with Gasteiger partial charge in [-0.3, -0.25) is 9.59 Å². The fourth-order valence-electron chi connectivity index (χ4n) is 1.51. The molecule has 2 amide bonds. The number of hydrogen-bond donors (Lipinski definition) is 3. The van der Waals surface area contributed by atoms with Gasteiger partial charge < -0.3 is 15.7 Å². The first-order valence-electron chi connectivity index (χ1n) is 6.57. The zero-order chi connectivity index (χ0) is 16.0. The summed E-state index contributed by atoms with van der Waals surface area (Å²) in [5.41, 5.74) is -0.0310. The highest BCUT2D eigenvalue weighted by molar-refractivity contribution is 6.39. The SMILES string of the molecule is CCC(C)C(O)CNC(=O)C(=O)Nc1ccc(F)c(F)c1. The molecule has 1 aromatic carbocycles. The summed E-state index contributed by atoms with van der Waals surface area (Å²) < 4.78 is 25.7. The van der Waals surface area contributed by atoms with Gasteiger partial charge in [-0.15, -0.1) is 0 Å². The number of rotatable bonds is 5. The lowest BCUT2D eigenvalue weighted by Gasteiger charge is -2.17. The van der Waals surface area contributed by atoms with Crippen LogP contribution in [0.5, 0.6) is 0 Å². The lowest BCUT2D eigenvalue weighted by molar-refractivity contribution is -0.136. The van der Waals surface area contributed by atoms with E-state index in [1.165, 1.54) is 0 Å². The predicted molar refractivity (Wildman–Crippen MR) is 73.5 cm³/mol. The molecule has 2 unspecified atom stereocenters. The van der Waals surface area contributed by atoms with E-state index in [1.807, 2.05) is 13.8 Å². The van der Waals surface area contributed by atoms with Crippen LogP contribution in [0, 0.1) is 17.6 Å². The molecule has 0 saturated heterocycles. The van der Waals surface area contributed by atoms with Gasteiger partial charge in [-0.05, 0) is 18.1 Å². The van der Waals surface area contributed by atoms with Crippen LogP contribution in [-0.4, -0.2) is 29.6 Å². The third kappa shape index (κ3) is 5.11. The molecule has 116 valence electrons. The average Bonchev–Trinajstić information content (AvgIpc) is 2.47. The molecule has 0 fully saturated rings. The summed E-state index contributed by atoms with van der Waals surface area (Å²) in [6.45, 7) is 3.66. The van der Waals surface area contributed by atoms with Crippen LogP contribution in [0.3, 0.4) is 0 Å². The van der Waals surface area contributed by atoms with Gasteiger partial charge in [-0.25, -0.2) is 8.78 Å². The van der Waals surface area contributed by atoms with Gasteiger partial charge in [-0.1, -0.05) is 20.3 Å². The normalized spacial score (nSPS) is 13.4. The second kappa shape index (κ2) is 7.68. The molecule has 3 N–H and O–H groups in total. The summed E-state index contributed by atoms with van der Waals surface area (Å²) in [5, 5.41) is 14.1. The molecule has 7 heteroatoms. The molecular formula is C14H18F2N2O3. The molecule has 0 aliphatic heterocycles.